The second kappa shape index (κ2) is 6.19. The molecule has 1 rings (SSSR count). The Kier molecular flexibility index (Phi) is 5.40. The fourth-order valence-electron chi connectivity index (χ4n) is 1.96. The molecule has 1 amide bonds. The van der Waals surface area contributed by atoms with Gasteiger partial charge in [-0.25, -0.2) is 0 Å². The zero-order chi connectivity index (χ0) is 14.0. The highest BCUT2D eigenvalue weighted by molar-refractivity contribution is 9.13. The molecule has 0 N–H and O–H groups in total. The molecule has 1 aromatic rings. The minimum atomic E-state index is -0.296. The number of likely N-dealkylation sites (N-methyl/N-ethyl adjacent to an activating group) is 1. The number of carbonyl (C=O) groups excluding carboxylic acids is 1. The minimum absolute atomic E-state index is 0.0955. The third-order valence-corrected chi connectivity index (χ3v) is 5.05. The lowest BCUT2D eigenvalue weighted by Gasteiger charge is -2.28. The molecule has 1 unspecified atom stereocenters. The smallest absolute Gasteiger partial charge is 0.247 e. The number of nitrogens with zero attached hydrogens (tertiary/aromatic N) is 3. The first-order chi connectivity index (χ1) is 8.31. The van der Waals surface area contributed by atoms with Crippen LogP contribution in [-0.4, -0.2) is 33.2 Å². The molecule has 1 aromatic heterocycles. The SMILES string of the molecule is CCN(C(=O)C(C)n1nc(Br)c(Br)c1C)C(C)C. The molecule has 18 heavy (non-hydrogen) atoms. The van der Waals surface area contributed by atoms with Crippen LogP contribution < -0.4 is 0 Å². The minimum Gasteiger partial charge on any atom is -0.339 e. The molecule has 0 bridgehead atoms. The van der Waals surface area contributed by atoms with Crippen molar-refractivity contribution in [2.24, 2.45) is 0 Å². The van der Waals surface area contributed by atoms with Crippen molar-refractivity contribution in [1.82, 2.24) is 14.7 Å². The third kappa shape index (κ3) is 2.96. The number of hydrogen-bond acceptors (Lipinski definition) is 2. The summed E-state index contributed by atoms with van der Waals surface area (Å²) in [6, 6.07) is -0.0948. The summed E-state index contributed by atoms with van der Waals surface area (Å²) in [5.41, 5.74) is 0.947. The molecule has 1 heterocycles. The molecule has 0 saturated carbocycles. The third-order valence-electron chi connectivity index (χ3n) is 3.01. The summed E-state index contributed by atoms with van der Waals surface area (Å²) in [6.07, 6.45) is 0. The van der Waals surface area contributed by atoms with Gasteiger partial charge < -0.3 is 4.90 Å². The van der Waals surface area contributed by atoms with Crippen LogP contribution in [0.2, 0.25) is 0 Å². The molecule has 0 aliphatic rings. The first kappa shape index (κ1) is 15.7. The van der Waals surface area contributed by atoms with Crippen molar-refractivity contribution in [2.75, 3.05) is 6.54 Å². The van der Waals surface area contributed by atoms with E-state index in [9.17, 15) is 4.79 Å². The Morgan fingerprint density at radius 3 is 2.28 bits per heavy atom. The molecule has 0 fully saturated rings. The maximum atomic E-state index is 12.4. The van der Waals surface area contributed by atoms with Crippen LogP contribution in [0.4, 0.5) is 0 Å². The van der Waals surface area contributed by atoms with E-state index in [1.165, 1.54) is 0 Å². The molecule has 0 spiro atoms. The van der Waals surface area contributed by atoms with E-state index < -0.39 is 0 Å². The summed E-state index contributed by atoms with van der Waals surface area (Å²) in [6.45, 7) is 10.6. The molecule has 6 heteroatoms. The van der Waals surface area contributed by atoms with E-state index in [-0.39, 0.29) is 18.0 Å². The topological polar surface area (TPSA) is 38.1 Å². The Morgan fingerprint density at radius 1 is 1.39 bits per heavy atom. The average molecular weight is 381 g/mol. The van der Waals surface area contributed by atoms with Gasteiger partial charge in [0.25, 0.3) is 0 Å². The first-order valence-corrected chi connectivity index (χ1v) is 7.60. The standard InChI is InChI=1S/C12H19Br2N3O/c1-6-16(7(2)3)12(18)9(5)17-8(4)10(13)11(14)15-17/h7,9H,6H2,1-5H3. The molecule has 0 aliphatic carbocycles. The highest BCUT2D eigenvalue weighted by Crippen LogP contribution is 2.28. The Hall–Kier alpha value is -0.360. The normalized spacial score (nSPS) is 12.9. The van der Waals surface area contributed by atoms with Gasteiger partial charge in [0, 0.05) is 12.6 Å². The van der Waals surface area contributed by atoms with E-state index in [1.54, 1.807) is 4.68 Å². The maximum absolute atomic E-state index is 12.4. The van der Waals surface area contributed by atoms with Crippen molar-refractivity contribution >= 4 is 37.8 Å². The molecule has 4 nitrogen and oxygen atoms in total. The van der Waals surface area contributed by atoms with E-state index in [0.29, 0.717) is 6.54 Å². The molecule has 1 atom stereocenters. The molecule has 0 aliphatic heterocycles. The molecule has 102 valence electrons. The van der Waals surface area contributed by atoms with Crippen molar-refractivity contribution < 1.29 is 4.79 Å². The van der Waals surface area contributed by atoms with Gasteiger partial charge in [-0.2, -0.15) is 5.10 Å². The second-order valence-corrected chi connectivity index (χ2v) is 6.07. The average Bonchev–Trinajstić information content (AvgIpc) is 2.56. The molecule has 0 aromatic carbocycles. The van der Waals surface area contributed by atoms with E-state index >= 15 is 0 Å². The summed E-state index contributed by atoms with van der Waals surface area (Å²) in [4.78, 5) is 14.3. The molecule has 0 saturated heterocycles. The van der Waals surface area contributed by atoms with Crippen molar-refractivity contribution in [3.05, 3.63) is 14.8 Å². The largest absolute Gasteiger partial charge is 0.339 e. The van der Waals surface area contributed by atoms with Gasteiger partial charge >= 0.3 is 0 Å². The van der Waals surface area contributed by atoms with Crippen LogP contribution in [0.5, 0.6) is 0 Å². The van der Waals surface area contributed by atoms with Gasteiger partial charge in [0.2, 0.25) is 5.91 Å². The molecule has 0 radical (unpaired) electrons. The van der Waals surface area contributed by atoms with Gasteiger partial charge in [0.05, 0.1) is 10.2 Å². The summed E-state index contributed by atoms with van der Waals surface area (Å²) in [5.74, 6) is 0.0955. The summed E-state index contributed by atoms with van der Waals surface area (Å²) >= 11 is 6.81. The van der Waals surface area contributed by atoms with Crippen LogP contribution in [0.3, 0.4) is 0 Å². The van der Waals surface area contributed by atoms with Crippen molar-refractivity contribution in [3.63, 3.8) is 0 Å². The van der Waals surface area contributed by atoms with Crippen LogP contribution >= 0.6 is 31.9 Å². The lowest BCUT2D eigenvalue weighted by Crippen LogP contribution is -2.41. The fraction of sp³-hybridized carbons (Fsp3) is 0.667. The van der Waals surface area contributed by atoms with E-state index in [1.807, 2.05) is 39.5 Å². The van der Waals surface area contributed by atoms with Crippen molar-refractivity contribution in [2.45, 2.75) is 46.7 Å². The predicted octanol–water partition coefficient (Wildman–Crippen LogP) is 3.53. The zero-order valence-corrected chi connectivity index (χ0v) is 14.5. The zero-order valence-electron chi connectivity index (χ0n) is 11.4. The number of halogens is 2. The number of amides is 1. The van der Waals surface area contributed by atoms with E-state index in [4.69, 9.17) is 0 Å². The van der Waals surface area contributed by atoms with Crippen LogP contribution in [0.25, 0.3) is 0 Å². The Bertz CT molecular complexity index is 443. The van der Waals surface area contributed by atoms with Gasteiger partial charge in [-0.1, -0.05) is 0 Å². The number of carbonyl (C=O) groups is 1. The quantitative estimate of drug-likeness (QED) is 0.801. The van der Waals surface area contributed by atoms with Crippen LogP contribution in [0, 0.1) is 6.92 Å². The van der Waals surface area contributed by atoms with Gasteiger partial charge in [-0.3, -0.25) is 9.48 Å². The molecular formula is C12H19Br2N3O. The number of aromatic nitrogens is 2. The highest BCUT2D eigenvalue weighted by atomic mass is 79.9. The predicted molar refractivity (Wildman–Crippen MR) is 79.6 cm³/mol. The van der Waals surface area contributed by atoms with Gasteiger partial charge in [0.1, 0.15) is 10.6 Å². The fourth-order valence-corrected chi connectivity index (χ4v) is 2.68. The highest BCUT2D eigenvalue weighted by Gasteiger charge is 2.25. The van der Waals surface area contributed by atoms with E-state index in [0.717, 1.165) is 14.8 Å². The van der Waals surface area contributed by atoms with Gasteiger partial charge in [0.15, 0.2) is 0 Å². The molecular weight excluding hydrogens is 362 g/mol. The lowest BCUT2D eigenvalue weighted by atomic mass is 10.2. The maximum Gasteiger partial charge on any atom is 0.247 e. The number of rotatable bonds is 4. The second-order valence-electron chi connectivity index (χ2n) is 4.53. The first-order valence-electron chi connectivity index (χ1n) is 6.01. The van der Waals surface area contributed by atoms with Gasteiger partial charge in [-0.15, -0.1) is 0 Å². The summed E-state index contributed by atoms with van der Waals surface area (Å²) in [5, 5.41) is 4.35. The van der Waals surface area contributed by atoms with Crippen LogP contribution in [0.1, 0.15) is 39.4 Å². The Morgan fingerprint density at radius 2 is 1.94 bits per heavy atom. The van der Waals surface area contributed by atoms with Crippen molar-refractivity contribution in [3.8, 4) is 0 Å². The van der Waals surface area contributed by atoms with Gasteiger partial charge in [-0.05, 0) is 66.5 Å². The lowest BCUT2D eigenvalue weighted by molar-refractivity contribution is -0.136. The van der Waals surface area contributed by atoms with E-state index in [2.05, 4.69) is 37.0 Å². The van der Waals surface area contributed by atoms with Crippen LogP contribution in [-0.2, 0) is 4.79 Å². The van der Waals surface area contributed by atoms with Crippen molar-refractivity contribution in [1.29, 1.82) is 0 Å². The summed E-state index contributed by atoms with van der Waals surface area (Å²) < 4.78 is 3.38. The Balaban J connectivity index is 3.03. The van der Waals surface area contributed by atoms with Crippen LogP contribution in [0.15, 0.2) is 9.08 Å². The summed E-state index contributed by atoms with van der Waals surface area (Å²) in [7, 11) is 0. The number of hydrogen-bond donors (Lipinski definition) is 0. The monoisotopic (exact) mass is 379 g/mol. The Labute approximate surface area is 125 Å².